The number of amides is 1. The van der Waals surface area contributed by atoms with Crippen LogP contribution in [0, 0.1) is 0 Å². The molecule has 0 bridgehead atoms. The molecular weight excluding hydrogens is 337 g/mol. The Labute approximate surface area is 141 Å². The highest BCUT2D eigenvalue weighted by Gasteiger charge is 2.37. The summed E-state index contributed by atoms with van der Waals surface area (Å²) in [4.78, 5) is 22.3. The molecule has 5 nitrogen and oxygen atoms in total. The zero-order chi connectivity index (χ0) is 16.1. The molecule has 1 aliphatic heterocycles. The van der Waals surface area contributed by atoms with Crippen LogP contribution in [0.4, 0.5) is 5.82 Å². The summed E-state index contributed by atoms with van der Waals surface area (Å²) in [6.07, 6.45) is -1.11. The highest BCUT2D eigenvalue weighted by molar-refractivity contribution is 6.31. The van der Waals surface area contributed by atoms with Crippen LogP contribution >= 0.6 is 23.2 Å². The molecular formula is C16H9Cl2N3O2. The number of rotatable bonds is 1. The van der Waals surface area contributed by atoms with Gasteiger partial charge in [-0.2, -0.15) is 0 Å². The Morgan fingerprint density at radius 3 is 2.65 bits per heavy atom. The average molecular weight is 346 g/mol. The first kappa shape index (κ1) is 14.4. The lowest BCUT2D eigenvalue weighted by Gasteiger charge is -2.19. The molecule has 1 unspecified atom stereocenters. The van der Waals surface area contributed by atoms with Crippen molar-refractivity contribution >= 4 is 46.0 Å². The number of nitrogens with zero attached hydrogens (tertiary/aromatic N) is 3. The molecule has 23 heavy (non-hydrogen) atoms. The molecule has 3 heterocycles. The summed E-state index contributed by atoms with van der Waals surface area (Å²) in [6, 6.07) is 11.7. The van der Waals surface area contributed by atoms with Crippen LogP contribution in [-0.2, 0) is 0 Å². The number of hydrogen-bond donors (Lipinski definition) is 1. The van der Waals surface area contributed by atoms with Gasteiger partial charge >= 0.3 is 0 Å². The number of carbonyl (C=O) groups is 1. The van der Waals surface area contributed by atoms with Gasteiger partial charge in [-0.05, 0) is 36.4 Å². The lowest BCUT2D eigenvalue weighted by Crippen LogP contribution is -2.28. The van der Waals surface area contributed by atoms with E-state index in [2.05, 4.69) is 9.97 Å². The molecule has 1 aromatic carbocycles. The van der Waals surface area contributed by atoms with E-state index in [1.807, 2.05) is 0 Å². The van der Waals surface area contributed by atoms with Crippen molar-refractivity contribution in [2.45, 2.75) is 6.23 Å². The van der Waals surface area contributed by atoms with Gasteiger partial charge in [0.05, 0.1) is 0 Å². The number of aromatic nitrogens is 2. The Morgan fingerprint density at radius 2 is 1.83 bits per heavy atom. The fraction of sp³-hybridized carbons (Fsp3) is 0.0625. The highest BCUT2D eigenvalue weighted by Crippen LogP contribution is 2.36. The molecule has 0 saturated carbocycles. The summed E-state index contributed by atoms with van der Waals surface area (Å²) in [5, 5.41) is 12.0. The van der Waals surface area contributed by atoms with Gasteiger partial charge in [0.15, 0.2) is 11.9 Å². The molecule has 3 aromatic rings. The topological polar surface area (TPSA) is 66.3 Å². The van der Waals surface area contributed by atoms with Crippen LogP contribution in [-0.4, -0.2) is 21.0 Å². The van der Waals surface area contributed by atoms with Gasteiger partial charge in [-0.25, -0.2) is 9.97 Å². The van der Waals surface area contributed by atoms with Crippen molar-refractivity contribution in [1.29, 1.82) is 0 Å². The minimum absolute atomic E-state index is 0.303. The van der Waals surface area contributed by atoms with Gasteiger partial charge in [0.1, 0.15) is 11.0 Å². The fourth-order valence-electron chi connectivity index (χ4n) is 2.65. The van der Waals surface area contributed by atoms with Gasteiger partial charge in [-0.1, -0.05) is 29.3 Å². The molecule has 1 aliphatic rings. The number of anilines is 1. The van der Waals surface area contributed by atoms with Crippen molar-refractivity contribution < 1.29 is 9.90 Å². The van der Waals surface area contributed by atoms with E-state index < -0.39 is 6.23 Å². The first-order valence-electron chi connectivity index (χ1n) is 6.79. The number of halogens is 2. The molecule has 1 atom stereocenters. The van der Waals surface area contributed by atoms with Crippen LogP contribution in [0.25, 0.3) is 11.0 Å². The second-order valence-corrected chi connectivity index (χ2v) is 5.95. The van der Waals surface area contributed by atoms with E-state index in [0.717, 1.165) is 5.39 Å². The van der Waals surface area contributed by atoms with E-state index in [-0.39, 0.29) is 5.91 Å². The average Bonchev–Trinajstić information content (AvgIpc) is 2.77. The van der Waals surface area contributed by atoms with E-state index >= 15 is 0 Å². The fourth-order valence-corrected chi connectivity index (χ4v) is 2.96. The second kappa shape index (κ2) is 5.16. The molecule has 114 valence electrons. The van der Waals surface area contributed by atoms with E-state index in [4.69, 9.17) is 23.2 Å². The van der Waals surface area contributed by atoms with Gasteiger partial charge in [-0.3, -0.25) is 9.69 Å². The molecule has 0 saturated heterocycles. The van der Waals surface area contributed by atoms with Crippen molar-refractivity contribution in [2.75, 3.05) is 4.90 Å². The summed E-state index contributed by atoms with van der Waals surface area (Å²) >= 11 is 11.8. The summed E-state index contributed by atoms with van der Waals surface area (Å²) in [6.45, 7) is 0. The molecule has 0 fully saturated rings. The number of aliphatic hydroxyl groups is 1. The molecule has 0 aliphatic carbocycles. The Morgan fingerprint density at radius 1 is 1.04 bits per heavy atom. The molecule has 0 radical (unpaired) electrons. The maximum absolute atomic E-state index is 12.6. The zero-order valence-corrected chi connectivity index (χ0v) is 13.1. The Kier molecular flexibility index (Phi) is 3.23. The van der Waals surface area contributed by atoms with E-state index in [1.165, 1.54) is 4.90 Å². The standard InChI is InChI=1S/C16H9Cl2N3O2/c17-9-3-4-10-11(7-9)16(23)21(15(10)22)13-6-2-8-1-5-12(18)19-14(8)20-13/h1-7,15,22H. The lowest BCUT2D eigenvalue weighted by atomic mass is 10.1. The van der Waals surface area contributed by atoms with Crippen molar-refractivity contribution in [3.05, 3.63) is 63.8 Å². The minimum atomic E-state index is -1.11. The van der Waals surface area contributed by atoms with Gasteiger partial charge in [0.2, 0.25) is 0 Å². The van der Waals surface area contributed by atoms with Crippen molar-refractivity contribution in [2.24, 2.45) is 0 Å². The van der Waals surface area contributed by atoms with E-state index in [0.29, 0.717) is 32.8 Å². The summed E-state index contributed by atoms with van der Waals surface area (Å²) in [5.74, 6) is -0.0547. The highest BCUT2D eigenvalue weighted by atomic mass is 35.5. The summed E-state index contributed by atoms with van der Waals surface area (Å²) < 4.78 is 0. The van der Waals surface area contributed by atoms with Gasteiger partial charge in [0, 0.05) is 21.5 Å². The van der Waals surface area contributed by atoms with Crippen molar-refractivity contribution in [3.63, 3.8) is 0 Å². The van der Waals surface area contributed by atoms with Crippen LogP contribution in [0.15, 0.2) is 42.5 Å². The molecule has 0 spiro atoms. The first-order valence-corrected chi connectivity index (χ1v) is 7.54. The van der Waals surface area contributed by atoms with Crippen LogP contribution in [0.5, 0.6) is 0 Å². The predicted molar refractivity (Wildman–Crippen MR) is 87.8 cm³/mol. The number of hydrogen-bond acceptors (Lipinski definition) is 4. The van der Waals surface area contributed by atoms with Gasteiger partial charge < -0.3 is 5.11 Å². The summed E-state index contributed by atoms with van der Waals surface area (Å²) in [5.41, 5.74) is 1.27. The Bertz CT molecular complexity index is 961. The van der Waals surface area contributed by atoms with Crippen LogP contribution in [0.1, 0.15) is 22.1 Å². The third kappa shape index (κ3) is 2.25. The third-order valence-corrected chi connectivity index (χ3v) is 4.18. The summed E-state index contributed by atoms with van der Waals surface area (Å²) in [7, 11) is 0. The normalized spacial score (nSPS) is 16.9. The Hall–Kier alpha value is -2.21. The molecule has 1 N–H and O–H groups in total. The zero-order valence-electron chi connectivity index (χ0n) is 11.6. The number of pyridine rings is 2. The Balaban J connectivity index is 1.84. The van der Waals surface area contributed by atoms with Gasteiger partial charge in [-0.15, -0.1) is 0 Å². The molecule has 2 aromatic heterocycles. The number of benzene rings is 1. The predicted octanol–water partition coefficient (Wildman–Crippen LogP) is 3.59. The maximum atomic E-state index is 12.6. The third-order valence-electron chi connectivity index (χ3n) is 3.74. The number of carbonyl (C=O) groups excluding carboxylic acids is 1. The smallest absolute Gasteiger partial charge is 0.262 e. The molecule has 4 rings (SSSR count). The van der Waals surface area contributed by atoms with E-state index in [9.17, 15) is 9.90 Å². The first-order chi connectivity index (χ1) is 11.0. The SMILES string of the molecule is O=C1c2cc(Cl)ccc2C(O)N1c1ccc2ccc(Cl)nc2n1. The largest absolute Gasteiger partial charge is 0.369 e. The van der Waals surface area contributed by atoms with Crippen LogP contribution in [0.2, 0.25) is 10.2 Å². The number of aliphatic hydroxyl groups excluding tert-OH is 1. The van der Waals surface area contributed by atoms with Gasteiger partial charge in [0.25, 0.3) is 5.91 Å². The van der Waals surface area contributed by atoms with Crippen molar-refractivity contribution in [1.82, 2.24) is 9.97 Å². The maximum Gasteiger partial charge on any atom is 0.262 e. The minimum Gasteiger partial charge on any atom is -0.369 e. The van der Waals surface area contributed by atoms with E-state index in [1.54, 1.807) is 42.5 Å². The van der Waals surface area contributed by atoms with Crippen molar-refractivity contribution in [3.8, 4) is 0 Å². The lowest BCUT2D eigenvalue weighted by molar-refractivity contribution is 0.0933. The van der Waals surface area contributed by atoms with Crippen LogP contribution < -0.4 is 4.90 Å². The van der Waals surface area contributed by atoms with Crippen LogP contribution in [0.3, 0.4) is 0 Å². The number of fused-ring (bicyclic) bond motifs is 2. The monoisotopic (exact) mass is 345 g/mol. The molecule has 7 heteroatoms. The molecule has 1 amide bonds. The quantitative estimate of drug-likeness (QED) is 0.684. The second-order valence-electron chi connectivity index (χ2n) is 5.13.